The molecule has 0 aromatic heterocycles. The normalized spacial score (nSPS) is 10.0. The Kier molecular flexibility index (Phi) is 6.54. The molecule has 1 N–H and O–H groups in total. The zero-order valence-electron chi connectivity index (χ0n) is 15.5. The molecule has 1 amide bonds. The van der Waals surface area contributed by atoms with Gasteiger partial charge < -0.3 is 29.0 Å². The molecule has 0 saturated heterocycles. The van der Waals surface area contributed by atoms with E-state index in [1.165, 1.54) is 14.2 Å². The van der Waals surface area contributed by atoms with Gasteiger partial charge in [-0.2, -0.15) is 0 Å². The molecule has 0 aliphatic carbocycles. The summed E-state index contributed by atoms with van der Waals surface area (Å²) in [5, 5.41) is 2.85. The van der Waals surface area contributed by atoms with Crippen LogP contribution in [0.25, 0.3) is 0 Å². The molecule has 0 saturated carbocycles. The average Bonchev–Trinajstić information content (AvgIpc) is 2.70. The number of para-hydroxylation sites is 1. The molecule has 7 nitrogen and oxygen atoms in total. The predicted molar refractivity (Wildman–Crippen MR) is 96.8 cm³/mol. The summed E-state index contributed by atoms with van der Waals surface area (Å²) >= 11 is 0. The van der Waals surface area contributed by atoms with Gasteiger partial charge in [-0.3, -0.25) is 4.79 Å². The summed E-state index contributed by atoms with van der Waals surface area (Å²) in [6, 6.07) is 8.61. The summed E-state index contributed by atoms with van der Waals surface area (Å²) in [6.45, 7) is 0.239. The number of carbonyl (C=O) groups is 1. The number of nitrogens with one attached hydrogen (secondary N) is 1. The van der Waals surface area contributed by atoms with Gasteiger partial charge in [-0.25, -0.2) is 0 Å². The third-order valence-corrected chi connectivity index (χ3v) is 3.87. The fraction of sp³-hybridized carbons (Fsp3) is 0.316. The van der Waals surface area contributed by atoms with Crippen LogP contribution in [0.2, 0.25) is 0 Å². The third-order valence-electron chi connectivity index (χ3n) is 3.87. The van der Waals surface area contributed by atoms with Crippen molar-refractivity contribution in [2.45, 2.75) is 6.54 Å². The fourth-order valence-electron chi connectivity index (χ4n) is 2.57. The largest absolute Gasteiger partial charge is 0.496 e. The van der Waals surface area contributed by atoms with Crippen molar-refractivity contribution in [1.82, 2.24) is 5.32 Å². The molecular weight excluding hydrogens is 338 g/mol. The molecule has 0 unspecified atom stereocenters. The molecule has 2 rings (SSSR count). The van der Waals surface area contributed by atoms with Crippen LogP contribution >= 0.6 is 0 Å². The Hall–Kier alpha value is -3.09. The monoisotopic (exact) mass is 361 g/mol. The van der Waals surface area contributed by atoms with Gasteiger partial charge in [0.1, 0.15) is 5.75 Å². The van der Waals surface area contributed by atoms with Gasteiger partial charge in [0.05, 0.1) is 41.1 Å². The second-order valence-electron chi connectivity index (χ2n) is 5.24. The standard InChI is InChI=1S/C19H23NO6/c1-22-14-8-6-7-13(18(14)26-5)19(21)20-11-12-9-16(24-3)17(25-4)10-15(12)23-2/h6-10H,11H2,1-5H3,(H,20,21). The second-order valence-corrected chi connectivity index (χ2v) is 5.24. The first kappa shape index (κ1) is 19.2. The van der Waals surface area contributed by atoms with Crippen molar-refractivity contribution in [2.75, 3.05) is 35.5 Å². The summed E-state index contributed by atoms with van der Waals surface area (Å²) in [4.78, 5) is 12.6. The Labute approximate surface area is 152 Å². The minimum Gasteiger partial charge on any atom is -0.496 e. The van der Waals surface area contributed by atoms with Gasteiger partial charge in [0.25, 0.3) is 5.91 Å². The smallest absolute Gasteiger partial charge is 0.255 e. The molecule has 26 heavy (non-hydrogen) atoms. The molecule has 0 spiro atoms. The molecule has 2 aromatic carbocycles. The molecule has 0 aliphatic rings. The summed E-state index contributed by atoms with van der Waals surface area (Å²) in [7, 11) is 7.67. The zero-order valence-corrected chi connectivity index (χ0v) is 15.5. The van der Waals surface area contributed by atoms with Crippen LogP contribution < -0.4 is 29.0 Å². The lowest BCUT2D eigenvalue weighted by atomic mass is 10.1. The SMILES string of the molecule is COc1cc(OC)c(OC)cc1CNC(=O)c1cccc(OC)c1OC. The number of ether oxygens (including phenoxy) is 5. The van der Waals surface area contributed by atoms with Crippen molar-refractivity contribution in [3.63, 3.8) is 0 Å². The fourth-order valence-corrected chi connectivity index (χ4v) is 2.57. The van der Waals surface area contributed by atoms with Crippen molar-refractivity contribution < 1.29 is 28.5 Å². The summed E-state index contributed by atoms with van der Waals surface area (Å²) in [5.41, 5.74) is 1.13. The maximum atomic E-state index is 12.6. The van der Waals surface area contributed by atoms with Crippen LogP contribution in [0, 0.1) is 0 Å². The second kappa shape index (κ2) is 8.84. The van der Waals surface area contributed by atoms with E-state index in [-0.39, 0.29) is 12.5 Å². The predicted octanol–water partition coefficient (Wildman–Crippen LogP) is 2.66. The van der Waals surface area contributed by atoms with Crippen molar-refractivity contribution in [2.24, 2.45) is 0 Å². The quantitative estimate of drug-likeness (QED) is 0.779. The van der Waals surface area contributed by atoms with E-state index >= 15 is 0 Å². The molecule has 0 atom stereocenters. The Morgan fingerprint density at radius 1 is 0.808 bits per heavy atom. The first-order chi connectivity index (χ1) is 12.6. The van der Waals surface area contributed by atoms with Gasteiger partial charge in [-0.1, -0.05) is 6.07 Å². The van der Waals surface area contributed by atoms with Crippen molar-refractivity contribution in [3.05, 3.63) is 41.5 Å². The van der Waals surface area contributed by atoms with Crippen LogP contribution in [-0.2, 0) is 6.54 Å². The Balaban J connectivity index is 2.25. The molecule has 0 bridgehead atoms. The maximum absolute atomic E-state index is 12.6. The first-order valence-corrected chi connectivity index (χ1v) is 7.87. The highest BCUT2D eigenvalue weighted by Gasteiger charge is 2.17. The Bertz CT molecular complexity index is 775. The van der Waals surface area contributed by atoms with E-state index in [9.17, 15) is 4.79 Å². The molecule has 0 fully saturated rings. The summed E-state index contributed by atoms with van der Waals surface area (Å²) in [6.07, 6.45) is 0. The lowest BCUT2D eigenvalue weighted by Gasteiger charge is -2.15. The number of rotatable bonds is 8. The zero-order chi connectivity index (χ0) is 19.1. The van der Waals surface area contributed by atoms with Crippen LogP contribution in [-0.4, -0.2) is 41.5 Å². The van der Waals surface area contributed by atoms with Crippen molar-refractivity contribution in [3.8, 4) is 28.7 Å². The minimum atomic E-state index is -0.294. The van der Waals surface area contributed by atoms with Crippen LogP contribution in [0.1, 0.15) is 15.9 Å². The van der Waals surface area contributed by atoms with Crippen LogP contribution in [0.3, 0.4) is 0 Å². The number of hydrogen-bond acceptors (Lipinski definition) is 6. The number of methoxy groups -OCH3 is 5. The van der Waals surface area contributed by atoms with E-state index in [0.29, 0.717) is 34.3 Å². The molecule has 0 heterocycles. The lowest BCUT2D eigenvalue weighted by molar-refractivity contribution is 0.0947. The number of benzene rings is 2. The lowest BCUT2D eigenvalue weighted by Crippen LogP contribution is -2.23. The highest BCUT2D eigenvalue weighted by molar-refractivity contribution is 5.97. The van der Waals surface area contributed by atoms with E-state index in [1.54, 1.807) is 51.7 Å². The summed E-state index contributed by atoms with van der Waals surface area (Å²) in [5.74, 6) is 2.26. The Morgan fingerprint density at radius 3 is 2.00 bits per heavy atom. The van der Waals surface area contributed by atoms with E-state index in [0.717, 1.165) is 5.56 Å². The topological polar surface area (TPSA) is 75.2 Å². The van der Waals surface area contributed by atoms with Gasteiger partial charge in [0, 0.05) is 18.2 Å². The van der Waals surface area contributed by atoms with Crippen LogP contribution in [0.5, 0.6) is 28.7 Å². The Morgan fingerprint density at radius 2 is 1.42 bits per heavy atom. The van der Waals surface area contributed by atoms with Gasteiger partial charge in [0.2, 0.25) is 0 Å². The van der Waals surface area contributed by atoms with Gasteiger partial charge >= 0.3 is 0 Å². The van der Waals surface area contributed by atoms with Gasteiger partial charge in [0.15, 0.2) is 23.0 Å². The van der Waals surface area contributed by atoms with Crippen molar-refractivity contribution >= 4 is 5.91 Å². The molecule has 7 heteroatoms. The molecule has 0 aliphatic heterocycles. The molecule has 140 valence electrons. The van der Waals surface area contributed by atoms with E-state index < -0.39 is 0 Å². The van der Waals surface area contributed by atoms with Gasteiger partial charge in [-0.05, 0) is 18.2 Å². The maximum Gasteiger partial charge on any atom is 0.255 e. The van der Waals surface area contributed by atoms with Gasteiger partial charge in [-0.15, -0.1) is 0 Å². The third kappa shape index (κ3) is 3.93. The van der Waals surface area contributed by atoms with E-state index in [4.69, 9.17) is 23.7 Å². The summed E-state index contributed by atoms with van der Waals surface area (Å²) < 4.78 is 26.5. The van der Waals surface area contributed by atoms with Crippen LogP contribution in [0.15, 0.2) is 30.3 Å². The highest BCUT2D eigenvalue weighted by Crippen LogP contribution is 2.35. The average molecular weight is 361 g/mol. The molecular formula is C19H23NO6. The molecule has 2 aromatic rings. The van der Waals surface area contributed by atoms with Crippen molar-refractivity contribution in [1.29, 1.82) is 0 Å². The molecule has 0 radical (unpaired) electrons. The van der Waals surface area contributed by atoms with Crippen LogP contribution in [0.4, 0.5) is 0 Å². The number of amides is 1. The van der Waals surface area contributed by atoms with E-state index in [2.05, 4.69) is 5.32 Å². The minimum absolute atomic E-state index is 0.239. The first-order valence-electron chi connectivity index (χ1n) is 7.87. The highest BCUT2D eigenvalue weighted by atomic mass is 16.5. The van der Waals surface area contributed by atoms with E-state index in [1.807, 2.05) is 0 Å². The number of carbonyl (C=O) groups excluding carboxylic acids is 1. The number of hydrogen-bond donors (Lipinski definition) is 1.